The second-order valence-corrected chi connectivity index (χ2v) is 4.02. The zero-order valence-corrected chi connectivity index (χ0v) is 11.0. The molecule has 1 N–H and O–H groups in total. The quantitative estimate of drug-likeness (QED) is 0.650. The molecular formula is C14H15NO4. The standard InChI is InChI=1S/C14H15NO4/c1-9(2)19-13-10(5-4-6-12(13)18-3)7-11(8-15)14(16)17/h4-7,9H,1-3H3,(H,16,17)/b11-7+. The first-order valence-corrected chi connectivity index (χ1v) is 5.68. The average Bonchev–Trinajstić information content (AvgIpc) is 2.36. The van der Waals surface area contributed by atoms with Gasteiger partial charge in [0.2, 0.25) is 0 Å². The van der Waals surface area contributed by atoms with Gasteiger partial charge in [-0.05, 0) is 26.0 Å². The van der Waals surface area contributed by atoms with E-state index in [1.807, 2.05) is 13.8 Å². The number of aliphatic carboxylic acids is 1. The van der Waals surface area contributed by atoms with Crippen LogP contribution in [0.25, 0.3) is 6.08 Å². The monoisotopic (exact) mass is 261 g/mol. The van der Waals surface area contributed by atoms with Crippen LogP contribution in [0.3, 0.4) is 0 Å². The summed E-state index contributed by atoms with van der Waals surface area (Å²) in [4.78, 5) is 10.9. The van der Waals surface area contributed by atoms with Crippen LogP contribution < -0.4 is 9.47 Å². The summed E-state index contributed by atoms with van der Waals surface area (Å²) < 4.78 is 10.8. The molecule has 0 aliphatic heterocycles. The van der Waals surface area contributed by atoms with E-state index in [4.69, 9.17) is 19.8 Å². The van der Waals surface area contributed by atoms with Gasteiger partial charge in [-0.25, -0.2) is 4.79 Å². The van der Waals surface area contributed by atoms with Gasteiger partial charge in [-0.2, -0.15) is 5.26 Å². The number of hydrogen-bond donors (Lipinski definition) is 1. The predicted molar refractivity (Wildman–Crippen MR) is 70.0 cm³/mol. The van der Waals surface area contributed by atoms with Crippen molar-refractivity contribution < 1.29 is 19.4 Å². The molecule has 0 unspecified atom stereocenters. The molecule has 19 heavy (non-hydrogen) atoms. The molecule has 0 spiro atoms. The van der Waals surface area contributed by atoms with Crippen molar-refractivity contribution in [1.82, 2.24) is 0 Å². The molecule has 0 aromatic heterocycles. The van der Waals surface area contributed by atoms with Gasteiger partial charge in [0, 0.05) is 5.56 Å². The third-order valence-corrected chi connectivity index (χ3v) is 2.23. The second-order valence-electron chi connectivity index (χ2n) is 4.02. The molecule has 0 saturated carbocycles. The minimum Gasteiger partial charge on any atom is -0.493 e. The van der Waals surface area contributed by atoms with E-state index in [-0.39, 0.29) is 11.7 Å². The van der Waals surface area contributed by atoms with Crippen molar-refractivity contribution in [2.75, 3.05) is 7.11 Å². The fraction of sp³-hybridized carbons (Fsp3) is 0.286. The summed E-state index contributed by atoms with van der Waals surface area (Å²) in [6.07, 6.45) is 1.17. The van der Waals surface area contributed by atoms with Crippen molar-refractivity contribution in [3.63, 3.8) is 0 Å². The molecule has 5 heteroatoms. The average molecular weight is 261 g/mol. The summed E-state index contributed by atoms with van der Waals surface area (Å²) in [5.74, 6) is -0.361. The first-order valence-electron chi connectivity index (χ1n) is 5.68. The SMILES string of the molecule is COc1cccc(/C=C(\C#N)C(=O)O)c1OC(C)C. The Kier molecular flexibility index (Phi) is 4.95. The third kappa shape index (κ3) is 3.75. The highest BCUT2D eigenvalue weighted by Gasteiger charge is 2.13. The zero-order chi connectivity index (χ0) is 14.4. The highest BCUT2D eigenvalue weighted by molar-refractivity contribution is 5.97. The van der Waals surface area contributed by atoms with Crippen molar-refractivity contribution in [3.05, 3.63) is 29.3 Å². The number of nitrogens with zero attached hydrogens (tertiary/aromatic N) is 1. The van der Waals surface area contributed by atoms with Crippen molar-refractivity contribution >= 4 is 12.0 Å². The van der Waals surface area contributed by atoms with Crippen molar-refractivity contribution in [3.8, 4) is 17.6 Å². The molecule has 0 atom stereocenters. The van der Waals surface area contributed by atoms with Gasteiger partial charge in [0.1, 0.15) is 11.6 Å². The Morgan fingerprint density at radius 2 is 2.16 bits per heavy atom. The molecule has 0 fully saturated rings. The Bertz CT molecular complexity index is 541. The van der Waals surface area contributed by atoms with Crippen LogP contribution in [0.15, 0.2) is 23.8 Å². The Morgan fingerprint density at radius 1 is 1.47 bits per heavy atom. The Hall–Kier alpha value is -2.48. The number of benzene rings is 1. The molecule has 0 heterocycles. The van der Waals surface area contributed by atoms with Gasteiger partial charge in [0.05, 0.1) is 13.2 Å². The number of carboxylic acid groups (broad SMARTS) is 1. The summed E-state index contributed by atoms with van der Waals surface area (Å²) in [6.45, 7) is 3.70. The van der Waals surface area contributed by atoms with Crippen molar-refractivity contribution in [2.45, 2.75) is 20.0 Å². The first-order chi connectivity index (χ1) is 8.99. The summed E-state index contributed by atoms with van der Waals surface area (Å²) >= 11 is 0. The lowest BCUT2D eigenvalue weighted by Crippen LogP contribution is -2.08. The molecule has 0 aliphatic rings. The largest absolute Gasteiger partial charge is 0.493 e. The highest BCUT2D eigenvalue weighted by atomic mass is 16.5. The number of nitriles is 1. The van der Waals surface area contributed by atoms with E-state index in [1.54, 1.807) is 24.3 Å². The molecule has 0 saturated heterocycles. The van der Waals surface area contributed by atoms with Crippen LogP contribution in [0.2, 0.25) is 0 Å². The van der Waals surface area contributed by atoms with E-state index in [9.17, 15) is 4.79 Å². The van der Waals surface area contributed by atoms with Gasteiger partial charge < -0.3 is 14.6 Å². The van der Waals surface area contributed by atoms with Gasteiger partial charge in [0.25, 0.3) is 0 Å². The third-order valence-electron chi connectivity index (χ3n) is 2.23. The number of hydrogen-bond acceptors (Lipinski definition) is 4. The predicted octanol–water partition coefficient (Wildman–Crippen LogP) is 2.47. The highest BCUT2D eigenvalue weighted by Crippen LogP contribution is 2.33. The fourth-order valence-electron chi connectivity index (χ4n) is 1.47. The van der Waals surface area contributed by atoms with Crippen molar-refractivity contribution in [2.24, 2.45) is 0 Å². The van der Waals surface area contributed by atoms with Crippen LogP contribution in [0.5, 0.6) is 11.5 Å². The molecule has 0 aliphatic carbocycles. The van der Waals surface area contributed by atoms with E-state index < -0.39 is 5.97 Å². The lowest BCUT2D eigenvalue weighted by Gasteiger charge is -2.15. The summed E-state index contributed by atoms with van der Waals surface area (Å²) in [6, 6.07) is 6.71. The number of rotatable bonds is 5. The lowest BCUT2D eigenvalue weighted by molar-refractivity contribution is -0.132. The maximum Gasteiger partial charge on any atom is 0.346 e. The van der Waals surface area contributed by atoms with E-state index in [2.05, 4.69) is 0 Å². The van der Waals surface area contributed by atoms with E-state index in [0.29, 0.717) is 17.1 Å². The minimum atomic E-state index is -1.28. The van der Waals surface area contributed by atoms with Gasteiger partial charge in [-0.3, -0.25) is 0 Å². The van der Waals surface area contributed by atoms with Gasteiger partial charge in [-0.1, -0.05) is 12.1 Å². The molecule has 1 aromatic rings. The summed E-state index contributed by atoms with van der Waals surface area (Å²) in [5.41, 5.74) is 0.133. The molecule has 1 rings (SSSR count). The van der Waals surface area contributed by atoms with E-state index >= 15 is 0 Å². The normalized spacial score (nSPS) is 11.0. The van der Waals surface area contributed by atoms with Crippen molar-refractivity contribution in [1.29, 1.82) is 5.26 Å². The number of methoxy groups -OCH3 is 1. The Morgan fingerprint density at radius 3 is 2.63 bits per heavy atom. The number of carboxylic acids is 1. The maximum absolute atomic E-state index is 10.9. The smallest absolute Gasteiger partial charge is 0.346 e. The molecule has 100 valence electrons. The lowest BCUT2D eigenvalue weighted by atomic mass is 10.1. The Balaban J connectivity index is 3.35. The van der Waals surface area contributed by atoms with Crippen LogP contribution in [-0.2, 0) is 4.79 Å². The minimum absolute atomic E-state index is 0.0983. The molecule has 0 radical (unpaired) electrons. The Labute approximate surface area is 111 Å². The van der Waals surface area contributed by atoms with Crippen LogP contribution in [0.1, 0.15) is 19.4 Å². The molecular weight excluding hydrogens is 246 g/mol. The van der Waals surface area contributed by atoms with Gasteiger partial charge >= 0.3 is 5.97 Å². The maximum atomic E-state index is 10.9. The summed E-state index contributed by atoms with van der Waals surface area (Å²) in [5, 5.41) is 17.7. The van der Waals surface area contributed by atoms with Gasteiger partial charge in [0.15, 0.2) is 11.5 Å². The zero-order valence-electron chi connectivity index (χ0n) is 11.0. The molecule has 5 nitrogen and oxygen atoms in total. The van der Waals surface area contributed by atoms with Crippen LogP contribution in [-0.4, -0.2) is 24.3 Å². The second kappa shape index (κ2) is 6.45. The van der Waals surface area contributed by atoms with Crippen LogP contribution in [0.4, 0.5) is 0 Å². The topological polar surface area (TPSA) is 79.5 Å². The molecule has 0 bridgehead atoms. The number of ether oxygens (including phenoxy) is 2. The molecule has 0 amide bonds. The first kappa shape index (κ1) is 14.6. The van der Waals surface area contributed by atoms with E-state index in [1.165, 1.54) is 13.2 Å². The van der Waals surface area contributed by atoms with Gasteiger partial charge in [-0.15, -0.1) is 0 Å². The van der Waals surface area contributed by atoms with Crippen LogP contribution in [0, 0.1) is 11.3 Å². The molecule has 1 aromatic carbocycles. The number of carbonyl (C=O) groups is 1. The van der Waals surface area contributed by atoms with Crippen LogP contribution >= 0.6 is 0 Å². The summed E-state index contributed by atoms with van der Waals surface area (Å²) in [7, 11) is 1.50. The van der Waals surface area contributed by atoms with E-state index in [0.717, 1.165) is 0 Å². The fourth-order valence-corrected chi connectivity index (χ4v) is 1.47. The number of para-hydroxylation sites is 1.